The number of aromatic nitrogens is 2. The van der Waals surface area contributed by atoms with Crippen LogP contribution >= 0.6 is 0 Å². The van der Waals surface area contributed by atoms with Gasteiger partial charge in [0.1, 0.15) is 0 Å². The highest BCUT2D eigenvalue weighted by Crippen LogP contribution is 2.24. The second kappa shape index (κ2) is 11.3. The zero-order chi connectivity index (χ0) is 26.3. The first-order chi connectivity index (χ1) is 17.8. The fourth-order valence-electron chi connectivity index (χ4n) is 3.58. The van der Waals surface area contributed by atoms with Gasteiger partial charge in [0.2, 0.25) is 0 Å². The van der Waals surface area contributed by atoms with Crippen LogP contribution in [0.5, 0.6) is 0 Å². The number of para-hydroxylation sites is 2. The van der Waals surface area contributed by atoms with E-state index in [1.807, 2.05) is 54.6 Å². The van der Waals surface area contributed by atoms with E-state index in [4.69, 9.17) is 0 Å². The monoisotopic (exact) mass is 494 g/mol. The van der Waals surface area contributed by atoms with Crippen LogP contribution in [0.15, 0.2) is 91.3 Å². The van der Waals surface area contributed by atoms with Crippen molar-refractivity contribution in [1.82, 2.24) is 15.3 Å². The summed E-state index contributed by atoms with van der Waals surface area (Å²) in [4.78, 5) is 33.8. The standard InChI is InChI=1S/C29H30N6O2/c1-29(2,3)21-12-14-22(15-13-21)33-28(37)35-26-10-5-4-9-25(26)34-27(36)32-19-20-11-16-24(31-18-20)23-8-6-7-17-30-23/h4-18H,19H2,1-3H3,(H2,32,34,36)(H2,33,35,37). The largest absolute Gasteiger partial charge is 0.334 e. The molecule has 2 heterocycles. The molecule has 8 nitrogen and oxygen atoms in total. The van der Waals surface area contributed by atoms with Crippen molar-refractivity contribution in [3.8, 4) is 11.4 Å². The number of benzene rings is 2. The number of urea groups is 2. The molecule has 0 aliphatic heterocycles. The average molecular weight is 495 g/mol. The molecule has 0 spiro atoms. The molecule has 0 bridgehead atoms. The van der Waals surface area contributed by atoms with Gasteiger partial charge in [-0.1, -0.05) is 57.2 Å². The summed E-state index contributed by atoms with van der Waals surface area (Å²) in [5.74, 6) is 0. The number of rotatable bonds is 6. The van der Waals surface area contributed by atoms with Crippen molar-refractivity contribution in [2.75, 3.05) is 16.0 Å². The molecular formula is C29H30N6O2. The van der Waals surface area contributed by atoms with Gasteiger partial charge in [-0.15, -0.1) is 0 Å². The molecule has 0 unspecified atom stereocenters. The SMILES string of the molecule is CC(C)(C)c1ccc(NC(=O)Nc2ccccc2NC(=O)NCc2ccc(-c3ccccn3)nc2)cc1. The summed E-state index contributed by atoms with van der Waals surface area (Å²) in [5, 5.41) is 11.2. The van der Waals surface area contributed by atoms with Gasteiger partial charge in [-0.05, 0) is 59.0 Å². The number of nitrogens with one attached hydrogen (secondary N) is 4. The van der Waals surface area contributed by atoms with Crippen molar-refractivity contribution in [3.63, 3.8) is 0 Å². The number of pyridine rings is 2. The second-order valence-electron chi connectivity index (χ2n) is 9.53. The molecule has 0 aliphatic carbocycles. The third-order valence-corrected chi connectivity index (χ3v) is 5.64. The molecule has 0 aliphatic rings. The van der Waals surface area contributed by atoms with Crippen molar-refractivity contribution in [2.24, 2.45) is 0 Å². The summed E-state index contributed by atoms with van der Waals surface area (Å²) < 4.78 is 0. The summed E-state index contributed by atoms with van der Waals surface area (Å²) in [7, 11) is 0. The molecule has 188 valence electrons. The number of carbonyl (C=O) groups is 2. The Labute approximate surface area is 216 Å². The van der Waals surface area contributed by atoms with Gasteiger partial charge < -0.3 is 21.3 Å². The van der Waals surface area contributed by atoms with Gasteiger partial charge in [0.05, 0.1) is 22.8 Å². The van der Waals surface area contributed by atoms with E-state index in [0.717, 1.165) is 17.0 Å². The van der Waals surface area contributed by atoms with Crippen LogP contribution in [0.4, 0.5) is 26.7 Å². The molecule has 2 aromatic carbocycles. The molecule has 0 radical (unpaired) electrons. The summed E-state index contributed by atoms with van der Waals surface area (Å²) >= 11 is 0. The third-order valence-electron chi connectivity index (χ3n) is 5.64. The van der Waals surface area contributed by atoms with Crippen LogP contribution < -0.4 is 21.3 Å². The zero-order valence-electron chi connectivity index (χ0n) is 21.1. The molecular weight excluding hydrogens is 464 g/mol. The van der Waals surface area contributed by atoms with Crippen LogP contribution in [0, 0.1) is 0 Å². The van der Waals surface area contributed by atoms with Crippen LogP contribution in [0.2, 0.25) is 0 Å². The van der Waals surface area contributed by atoms with Gasteiger partial charge >= 0.3 is 12.1 Å². The maximum atomic E-state index is 12.6. The maximum Gasteiger partial charge on any atom is 0.323 e. The van der Waals surface area contributed by atoms with Gasteiger partial charge in [0.25, 0.3) is 0 Å². The van der Waals surface area contributed by atoms with E-state index in [1.54, 1.807) is 36.7 Å². The Hall–Kier alpha value is -4.72. The Kier molecular flexibility index (Phi) is 7.78. The third kappa shape index (κ3) is 7.14. The molecule has 2 aromatic heterocycles. The molecule has 0 fully saturated rings. The van der Waals surface area contributed by atoms with E-state index in [1.165, 1.54) is 5.56 Å². The molecule has 4 rings (SSSR count). The molecule has 4 N–H and O–H groups in total. The van der Waals surface area contributed by atoms with Crippen LogP contribution in [-0.2, 0) is 12.0 Å². The van der Waals surface area contributed by atoms with Crippen molar-refractivity contribution >= 4 is 29.1 Å². The smallest absolute Gasteiger partial charge is 0.323 e. The summed E-state index contributed by atoms with van der Waals surface area (Å²) in [6.45, 7) is 6.71. The minimum Gasteiger partial charge on any atom is -0.334 e. The Morgan fingerprint density at radius 2 is 1.35 bits per heavy atom. The number of nitrogens with zero attached hydrogens (tertiary/aromatic N) is 2. The Morgan fingerprint density at radius 1 is 0.703 bits per heavy atom. The summed E-state index contributed by atoms with van der Waals surface area (Å²) in [6, 6.07) is 23.3. The van der Waals surface area contributed by atoms with Crippen molar-refractivity contribution in [1.29, 1.82) is 0 Å². The number of anilines is 3. The van der Waals surface area contributed by atoms with Crippen molar-refractivity contribution in [2.45, 2.75) is 32.7 Å². The second-order valence-corrected chi connectivity index (χ2v) is 9.53. The van der Waals surface area contributed by atoms with Crippen LogP contribution in [0.3, 0.4) is 0 Å². The first kappa shape index (κ1) is 25.4. The topological polar surface area (TPSA) is 108 Å². The first-order valence-electron chi connectivity index (χ1n) is 12.0. The van der Waals surface area contributed by atoms with Gasteiger partial charge in [-0.3, -0.25) is 9.97 Å². The predicted octanol–water partition coefficient (Wildman–Crippen LogP) is 6.41. The number of carbonyl (C=O) groups excluding carboxylic acids is 2. The van der Waals surface area contributed by atoms with E-state index in [9.17, 15) is 9.59 Å². The lowest BCUT2D eigenvalue weighted by Crippen LogP contribution is -2.29. The van der Waals surface area contributed by atoms with Gasteiger partial charge in [-0.2, -0.15) is 0 Å². The molecule has 4 aromatic rings. The summed E-state index contributed by atoms with van der Waals surface area (Å²) in [5.41, 5.74) is 5.23. The molecule has 0 saturated heterocycles. The molecule has 0 saturated carbocycles. The normalized spacial score (nSPS) is 10.9. The molecule has 37 heavy (non-hydrogen) atoms. The van der Waals surface area contributed by atoms with Crippen LogP contribution in [-0.4, -0.2) is 22.0 Å². The molecule has 4 amide bonds. The fourth-order valence-corrected chi connectivity index (χ4v) is 3.58. The quantitative estimate of drug-likeness (QED) is 0.248. The highest BCUT2D eigenvalue weighted by molar-refractivity contribution is 6.03. The lowest BCUT2D eigenvalue weighted by atomic mass is 9.87. The first-order valence-corrected chi connectivity index (χ1v) is 12.0. The molecule has 0 atom stereocenters. The maximum absolute atomic E-state index is 12.6. The van der Waals surface area contributed by atoms with E-state index in [0.29, 0.717) is 23.6 Å². The van der Waals surface area contributed by atoms with E-state index in [2.05, 4.69) is 52.0 Å². The van der Waals surface area contributed by atoms with Crippen molar-refractivity contribution in [3.05, 3.63) is 102 Å². The van der Waals surface area contributed by atoms with Crippen LogP contribution in [0.1, 0.15) is 31.9 Å². The Morgan fingerprint density at radius 3 is 1.95 bits per heavy atom. The predicted molar refractivity (Wildman–Crippen MR) is 148 cm³/mol. The molecule has 8 heteroatoms. The van der Waals surface area contributed by atoms with E-state index >= 15 is 0 Å². The Balaban J connectivity index is 1.31. The number of hydrogen-bond acceptors (Lipinski definition) is 4. The Bertz CT molecular complexity index is 1350. The van der Waals surface area contributed by atoms with E-state index < -0.39 is 12.1 Å². The minimum atomic E-state index is -0.405. The average Bonchev–Trinajstić information content (AvgIpc) is 2.89. The van der Waals surface area contributed by atoms with Gasteiger partial charge in [0, 0.05) is 24.6 Å². The number of amides is 4. The van der Waals surface area contributed by atoms with Crippen molar-refractivity contribution < 1.29 is 9.59 Å². The number of hydrogen-bond donors (Lipinski definition) is 4. The highest BCUT2D eigenvalue weighted by Gasteiger charge is 2.14. The van der Waals surface area contributed by atoms with Gasteiger partial charge in [0.15, 0.2) is 0 Å². The lowest BCUT2D eigenvalue weighted by molar-refractivity contribution is 0.251. The fraction of sp³-hybridized carbons (Fsp3) is 0.172. The van der Waals surface area contributed by atoms with Gasteiger partial charge in [-0.25, -0.2) is 9.59 Å². The highest BCUT2D eigenvalue weighted by atomic mass is 16.2. The summed E-state index contributed by atoms with van der Waals surface area (Å²) in [6.07, 6.45) is 3.43. The zero-order valence-corrected chi connectivity index (χ0v) is 21.1. The van der Waals surface area contributed by atoms with Crippen LogP contribution in [0.25, 0.3) is 11.4 Å². The minimum absolute atomic E-state index is 0.0333. The lowest BCUT2D eigenvalue weighted by Gasteiger charge is -2.19. The van der Waals surface area contributed by atoms with E-state index in [-0.39, 0.29) is 5.41 Å².